The van der Waals surface area contributed by atoms with Crippen LogP contribution in [0.25, 0.3) is 0 Å². The zero-order chi connectivity index (χ0) is 0. The second kappa shape index (κ2) is 1680. The Bertz CT molecular complexity index is 4.00. The van der Waals surface area contributed by atoms with Gasteiger partial charge in [0.2, 0.25) is 0 Å². The smallest absolute Gasteiger partial charge is 0.0776 e. The molecule has 4 heavy (non-hydrogen) atoms. The van der Waals surface area contributed by atoms with Crippen LogP contribution < -0.4 is 12.3 Å². The van der Waals surface area contributed by atoms with Gasteiger partial charge in [-0.05, 0) is 0 Å². The molecule has 2 nitrogen and oxygen atoms in total. The van der Waals surface area contributed by atoms with Crippen molar-refractivity contribution < 1.29 is 0 Å². The van der Waals surface area contributed by atoms with Gasteiger partial charge in [0.15, 0.2) is 0 Å². The fourth-order valence-electron chi connectivity index (χ4n) is 0. The number of rotatable bonds is 0. The van der Waals surface area contributed by atoms with E-state index < -0.39 is 0 Å². The van der Waals surface area contributed by atoms with E-state index in [0.29, 0.717) is 0 Å². The molecule has 0 amide bonds. The predicted octanol–water partition coefficient (Wildman–Crippen LogP) is 1.60. The Morgan fingerprint density at radius 3 is 0.500 bits per heavy atom. The standard InChI is InChI=1S/2CH4.2H3N/h2*1H4;2*1H3. The average molecular weight is 66.1 g/mol. The zero-order valence-electron chi connectivity index (χ0n) is 1.41. The third kappa shape index (κ3) is 254. The Hall–Kier alpha value is -0.0800. The predicted molar refractivity (Wildman–Crippen MR) is 23.5 cm³/mol. The summed E-state index contributed by atoms with van der Waals surface area (Å²) in [5, 5.41) is 0. The van der Waals surface area contributed by atoms with E-state index in [1.54, 1.807) is 0 Å². The van der Waals surface area contributed by atoms with Crippen LogP contribution in [0.15, 0.2) is 0 Å². The summed E-state index contributed by atoms with van der Waals surface area (Å²) in [5.74, 6) is 0. The Morgan fingerprint density at radius 2 is 0.500 bits per heavy atom. The molecule has 0 aromatic heterocycles. The van der Waals surface area contributed by atoms with Gasteiger partial charge >= 0.3 is 0 Å². The van der Waals surface area contributed by atoms with Crippen molar-refractivity contribution in [3.05, 3.63) is 0 Å². The van der Waals surface area contributed by atoms with Crippen molar-refractivity contribution in [1.82, 2.24) is 12.3 Å². The highest BCUT2D eigenvalue weighted by Gasteiger charge is -0.0765. The average Bonchev–Trinajstić information content (AvgIpc) is 0. The fraction of sp³-hybridized carbons (Fsp3) is 1.00. The molecule has 0 atom stereocenters. The van der Waals surface area contributed by atoms with E-state index in [2.05, 4.69) is 0 Å². The van der Waals surface area contributed by atoms with Crippen LogP contribution >= 0.6 is 0 Å². The lowest BCUT2D eigenvalue weighted by atomic mass is 12.0. The summed E-state index contributed by atoms with van der Waals surface area (Å²) in [6, 6.07) is 0. The minimum absolute atomic E-state index is 0. The summed E-state index contributed by atoms with van der Waals surface area (Å²) in [4.78, 5) is 0. The van der Waals surface area contributed by atoms with Crippen LogP contribution in [0.2, 0.25) is 0 Å². The van der Waals surface area contributed by atoms with Crippen molar-refractivity contribution in [3.8, 4) is 0 Å². The Kier molecular flexibility index (Phi) is 2200000. The molecule has 0 rings (SSSR count). The van der Waals surface area contributed by atoms with E-state index in [4.69, 9.17) is 0 Å². The van der Waals surface area contributed by atoms with Gasteiger partial charge < -0.3 is 12.3 Å². The number of hydrogen-bond donors (Lipinski definition) is 2. The van der Waals surface area contributed by atoms with E-state index in [1.807, 2.05) is 0 Å². The van der Waals surface area contributed by atoms with E-state index in [-0.39, 0.29) is 27.2 Å². The second-order valence-corrected chi connectivity index (χ2v) is 0. The quantitative estimate of drug-likeness (QED) is 0.450. The maximum absolute atomic E-state index is 0. The van der Waals surface area contributed by atoms with Gasteiger partial charge in [0, 0.05) is 0 Å². The van der Waals surface area contributed by atoms with Gasteiger partial charge in [-0.2, -0.15) is 0 Å². The van der Waals surface area contributed by atoms with E-state index in [9.17, 15) is 0 Å². The highest BCUT2D eigenvalue weighted by Crippen LogP contribution is 0.145. The molecule has 32 valence electrons. The van der Waals surface area contributed by atoms with Crippen LogP contribution in [0, 0.1) is 0 Å². The largest absolute Gasteiger partial charge is 0.344 e. The van der Waals surface area contributed by atoms with Gasteiger partial charge in [-0.25, -0.2) is 0 Å². The maximum Gasteiger partial charge on any atom is -0.0776 e. The molecule has 0 heterocycles. The van der Waals surface area contributed by atoms with E-state index in [1.165, 1.54) is 0 Å². The molecule has 6 N–H and O–H groups in total. The molecule has 0 aromatic rings. The lowest BCUT2D eigenvalue weighted by Gasteiger charge is -0.345. The SMILES string of the molecule is C.C.N.N. The molecular formula is C2H14N2. The first kappa shape index (κ1) is 5220. The van der Waals surface area contributed by atoms with Gasteiger partial charge in [0.1, 0.15) is 0 Å². The second-order valence-electron chi connectivity index (χ2n) is 0. The lowest BCUT2D eigenvalue weighted by Crippen LogP contribution is -0.482. The normalized spacial score (nSPS) is 0. The van der Waals surface area contributed by atoms with Crippen molar-refractivity contribution in [2.24, 2.45) is 0 Å². The zero-order valence-corrected chi connectivity index (χ0v) is 1.41. The van der Waals surface area contributed by atoms with Crippen LogP contribution in [0.5, 0.6) is 0 Å². The molecule has 2 heteroatoms. The van der Waals surface area contributed by atoms with Crippen LogP contribution in [0.1, 0.15) is 14.9 Å². The third-order valence-electron chi connectivity index (χ3n) is 0. The molecule has 0 radical (unpaired) electrons. The highest BCUT2D eigenvalue weighted by atomic mass is 14.0. The minimum Gasteiger partial charge on any atom is -0.344 e. The molecule has 0 aliphatic carbocycles. The molecule has 0 aliphatic heterocycles. The first-order chi connectivity index (χ1) is 0. The maximum atomic E-state index is 0. The highest BCUT2D eigenvalue weighted by molar-refractivity contribution is 2.50. The van der Waals surface area contributed by atoms with Gasteiger partial charge in [-0.1, -0.05) is 14.9 Å². The topological polar surface area (TPSA) is 70.0 Å². The van der Waals surface area contributed by atoms with Crippen molar-refractivity contribution in [2.45, 2.75) is 14.9 Å². The summed E-state index contributed by atoms with van der Waals surface area (Å²) >= 11 is 0. The van der Waals surface area contributed by atoms with Crippen LogP contribution in [0.3, 0.4) is 0 Å². The Balaban J connectivity index is 0. The van der Waals surface area contributed by atoms with Crippen molar-refractivity contribution in [2.75, 3.05) is 0 Å². The molecule has 0 fully saturated rings. The lowest BCUT2D eigenvalue weighted by molar-refractivity contribution is 2.13. The van der Waals surface area contributed by atoms with Crippen molar-refractivity contribution in [3.63, 3.8) is 0 Å². The van der Waals surface area contributed by atoms with Gasteiger partial charge in [-0.3, -0.25) is 0 Å². The summed E-state index contributed by atoms with van der Waals surface area (Å²) in [5.41, 5.74) is 0. The molecule has 0 aromatic carbocycles. The Morgan fingerprint density at radius 1 is 0.500 bits per heavy atom. The fourth-order valence-corrected chi connectivity index (χ4v) is 0. The summed E-state index contributed by atoms with van der Waals surface area (Å²) in [6.45, 7) is 0. The van der Waals surface area contributed by atoms with Crippen LogP contribution in [-0.4, -0.2) is 0 Å². The molecule has 0 bridgehead atoms. The Labute approximate surface area is 28.4 Å². The van der Waals surface area contributed by atoms with Gasteiger partial charge in [-0.15, -0.1) is 0 Å². The molecule has 0 spiro atoms. The molecule has 0 saturated heterocycles. The minimum atomic E-state index is 0. The first-order valence-corrected chi connectivity index (χ1v) is 0. The van der Waals surface area contributed by atoms with Crippen molar-refractivity contribution >= 4 is 0 Å². The van der Waals surface area contributed by atoms with Gasteiger partial charge in [0.25, 0.3) is 0 Å². The summed E-state index contributed by atoms with van der Waals surface area (Å²) in [6.07, 6.45) is 0. The molecule has 0 unspecified atom stereocenters. The first-order valence-electron chi connectivity index (χ1n) is 0. The summed E-state index contributed by atoms with van der Waals surface area (Å²) in [7, 11) is 0. The van der Waals surface area contributed by atoms with Crippen LogP contribution in [-0.2, 0) is 0 Å². The van der Waals surface area contributed by atoms with E-state index in [0.717, 1.165) is 0 Å². The summed E-state index contributed by atoms with van der Waals surface area (Å²) < 4.78 is 0. The van der Waals surface area contributed by atoms with Crippen molar-refractivity contribution in [1.29, 1.82) is 0 Å². The monoisotopic (exact) mass is 66.1 g/mol. The molecular weight excluding hydrogens is 52.0 g/mol. The number of hydrogen-bond acceptors (Lipinski definition) is 2. The van der Waals surface area contributed by atoms with E-state index >= 15 is 0 Å². The molecule has 0 saturated carbocycles. The van der Waals surface area contributed by atoms with Gasteiger partial charge in [0.05, 0.1) is 0 Å². The molecule has 0 aliphatic rings. The van der Waals surface area contributed by atoms with Crippen LogP contribution in [0.4, 0.5) is 0 Å². The third-order valence-corrected chi connectivity index (χ3v) is 0.